The van der Waals surface area contributed by atoms with Gasteiger partial charge in [0.1, 0.15) is 11.5 Å². The Balaban J connectivity index is 2.27. The highest BCUT2D eigenvalue weighted by molar-refractivity contribution is 5.29. The molecule has 0 aliphatic carbocycles. The van der Waals surface area contributed by atoms with Crippen molar-refractivity contribution >= 4 is 0 Å². The van der Waals surface area contributed by atoms with Crippen LogP contribution in [0.15, 0.2) is 24.3 Å². The second kappa shape index (κ2) is 7.27. The van der Waals surface area contributed by atoms with Crippen LogP contribution in [0.5, 0.6) is 11.5 Å². The molecule has 0 aliphatic rings. The molecule has 102 valence electrons. The van der Waals surface area contributed by atoms with Crippen molar-refractivity contribution in [1.29, 1.82) is 0 Å². The largest absolute Gasteiger partial charge is 0.508 e. The maximum Gasteiger partial charge on any atom is 0.119 e. The van der Waals surface area contributed by atoms with Crippen molar-refractivity contribution in [3.05, 3.63) is 24.3 Å². The van der Waals surface area contributed by atoms with Crippen LogP contribution in [0.2, 0.25) is 0 Å². The highest BCUT2D eigenvalue weighted by Gasteiger charge is 2.12. The zero-order valence-corrected chi connectivity index (χ0v) is 11.9. The summed E-state index contributed by atoms with van der Waals surface area (Å²) < 4.78 is 5.63. The summed E-state index contributed by atoms with van der Waals surface area (Å²) in [6.45, 7) is 10.7. The van der Waals surface area contributed by atoms with E-state index in [9.17, 15) is 0 Å². The average Bonchev–Trinajstić information content (AvgIpc) is 2.30. The van der Waals surface area contributed by atoms with Gasteiger partial charge in [-0.3, -0.25) is 4.90 Å². The number of nitrogens with zero attached hydrogens (tertiary/aromatic N) is 1. The van der Waals surface area contributed by atoms with E-state index < -0.39 is 0 Å². The summed E-state index contributed by atoms with van der Waals surface area (Å²) in [7, 11) is 0. The van der Waals surface area contributed by atoms with Crippen LogP contribution in [-0.4, -0.2) is 35.2 Å². The lowest BCUT2D eigenvalue weighted by Crippen LogP contribution is -2.38. The van der Waals surface area contributed by atoms with Crippen LogP contribution in [0.3, 0.4) is 0 Å². The SMILES string of the molecule is CC(C)N(CCCOc1ccc(O)cc1)C(C)C. The second-order valence-electron chi connectivity index (χ2n) is 5.12. The third-order valence-electron chi connectivity index (χ3n) is 2.99. The van der Waals surface area contributed by atoms with E-state index in [1.165, 1.54) is 0 Å². The molecule has 0 atom stereocenters. The Morgan fingerprint density at radius 3 is 2.11 bits per heavy atom. The third-order valence-corrected chi connectivity index (χ3v) is 2.99. The van der Waals surface area contributed by atoms with Gasteiger partial charge in [0.25, 0.3) is 0 Å². The standard InChI is InChI=1S/C15H25NO2/c1-12(2)16(13(3)4)10-5-11-18-15-8-6-14(17)7-9-15/h6-9,12-13,17H,5,10-11H2,1-4H3. The fourth-order valence-corrected chi connectivity index (χ4v) is 2.09. The molecule has 1 rings (SSSR count). The normalized spacial score (nSPS) is 11.5. The van der Waals surface area contributed by atoms with Crippen LogP contribution in [0.1, 0.15) is 34.1 Å². The predicted octanol–water partition coefficient (Wildman–Crippen LogP) is 3.28. The summed E-state index contributed by atoms with van der Waals surface area (Å²) in [5.74, 6) is 1.08. The molecular formula is C15H25NO2. The van der Waals surface area contributed by atoms with Crippen LogP contribution < -0.4 is 4.74 Å². The highest BCUT2D eigenvalue weighted by Crippen LogP contribution is 2.16. The lowest BCUT2D eigenvalue weighted by atomic mass is 10.2. The molecule has 0 amide bonds. The number of aromatic hydroxyl groups is 1. The molecule has 1 aromatic carbocycles. The molecule has 0 saturated heterocycles. The summed E-state index contributed by atoms with van der Waals surface area (Å²) >= 11 is 0. The molecule has 0 aliphatic heterocycles. The van der Waals surface area contributed by atoms with Crippen molar-refractivity contribution in [2.45, 2.75) is 46.2 Å². The Morgan fingerprint density at radius 1 is 1.06 bits per heavy atom. The van der Waals surface area contributed by atoms with Crippen LogP contribution in [-0.2, 0) is 0 Å². The summed E-state index contributed by atoms with van der Waals surface area (Å²) in [6.07, 6.45) is 1.01. The van der Waals surface area contributed by atoms with Crippen molar-refractivity contribution in [1.82, 2.24) is 4.90 Å². The first-order valence-corrected chi connectivity index (χ1v) is 6.68. The summed E-state index contributed by atoms with van der Waals surface area (Å²) in [4.78, 5) is 2.46. The summed E-state index contributed by atoms with van der Waals surface area (Å²) in [5.41, 5.74) is 0. The number of ether oxygens (including phenoxy) is 1. The molecule has 0 saturated carbocycles. The molecule has 0 unspecified atom stereocenters. The van der Waals surface area contributed by atoms with Gasteiger partial charge in [0.2, 0.25) is 0 Å². The smallest absolute Gasteiger partial charge is 0.119 e. The van der Waals surface area contributed by atoms with E-state index in [0.717, 1.165) is 18.7 Å². The molecule has 18 heavy (non-hydrogen) atoms. The molecule has 0 bridgehead atoms. The van der Waals surface area contributed by atoms with Gasteiger partial charge in [-0.05, 0) is 58.4 Å². The minimum absolute atomic E-state index is 0.271. The van der Waals surface area contributed by atoms with Crippen LogP contribution in [0, 0.1) is 0 Å². The van der Waals surface area contributed by atoms with Gasteiger partial charge in [0.15, 0.2) is 0 Å². The second-order valence-corrected chi connectivity index (χ2v) is 5.12. The predicted molar refractivity (Wildman–Crippen MR) is 75.2 cm³/mol. The summed E-state index contributed by atoms with van der Waals surface area (Å²) in [6, 6.07) is 8.00. The van der Waals surface area contributed by atoms with E-state index in [1.54, 1.807) is 24.3 Å². The van der Waals surface area contributed by atoms with E-state index in [1.807, 2.05) is 0 Å². The lowest BCUT2D eigenvalue weighted by molar-refractivity contribution is 0.160. The van der Waals surface area contributed by atoms with Crippen LogP contribution >= 0.6 is 0 Å². The van der Waals surface area contributed by atoms with Gasteiger partial charge < -0.3 is 9.84 Å². The minimum Gasteiger partial charge on any atom is -0.508 e. The molecule has 0 aromatic heterocycles. The summed E-state index contributed by atoms with van der Waals surface area (Å²) in [5, 5.41) is 9.16. The van der Waals surface area contributed by atoms with E-state index in [0.29, 0.717) is 18.7 Å². The maximum atomic E-state index is 9.16. The van der Waals surface area contributed by atoms with Crippen LogP contribution in [0.4, 0.5) is 0 Å². The first-order valence-electron chi connectivity index (χ1n) is 6.68. The molecule has 0 heterocycles. The Bertz CT molecular complexity index is 325. The molecule has 3 nitrogen and oxygen atoms in total. The first-order chi connectivity index (χ1) is 8.50. The Labute approximate surface area is 110 Å². The molecule has 1 aromatic rings. The Hall–Kier alpha value is -1.22. The van der Waals surface area contributed by atoms with E-state index in [2.05, 4.69) is 32.6 Å². The van der Waals surface area contributed by atoms with Crippen molar-refractivity contribution in [3.8, 4) is 11.5 Å². The average molecular weight is 251 g/mol. The molecule has 0 fully saturated rings. The topological polar surface area (TPSA) is 32.7 Å². The molecular weight excluding hydrogens is 226 g/mol. The fourth-order valence-electron chi connectivity index (χ4n) is 2.09. The monoisotopic (exact) mass is 251 g/mol. The minimum atomic E-state index is 0.271. The number of hydrogen-bond donors (Lipinski definition) is 1. The lowest BCUT2D eigenvalue weighted by Gasteiger charge is -2.30. The highest BCUT2D eigenvalue weighted by atomic mass is 16.5. The van der Waals surface area contributed by atoms with Gasteiger partial charge in [-0.2, -0.15) is 0 Å². The van der Waals surface area contributed by atoms with Crippen molar-refractivity contribution in [2.24, 2.45) is 0 Å². The van der Waals surface area contributed by atoms with Crippen molar-refractivity contribution in [2.75, 3.05) is 13.2 Å². The number of benzene rings is 1. The maximum absolute atomic E-state index is 9.16. The van der Waals surface area contributed by atoms with E-state index in [4.69, 9.17) is 9.84 Å². The van der Waals surface area contributed by atoms with E-state index in [-0.39, 0.29) is 5.75 Å². The van der Waals surface area contributed by atoms with Crippen molar-refractivity contribution in [3.63, 3.8) is 0 Å². The van der Waals surface area contributed by atoms with E-state index >= 15 is 0 Å². The Kier molecular flexibility index (Phi) is 5.99. The molecule has 0 radical (unpaired) electrons. The van der Waals surface area contributed by atoms with Crippen LogP contribution in [0.25, 0.3) is 0 Å². The van der Waals surface area contributed by atoms with Gasteiger partial charge in [-0.25, -0.2) is 0 Å². The first kappa shape index (κ1) is 14.8. The molecule has 0 spiro atoms. The zero-order chi connectivity index (χ0) is 13.5. The molecule has 1 N–H and O–H groups in total. The molecule has 3 heteroatoms. The number of phenols is 1. The van der Waals surface area contributed by atoms with Gasteiger partial charge in [-0.1, -0.05) is 0 Å². The van der Waals surface area contributed by atoms with Crippen molar-refractivity contribution < 1.29 is 9.84 Å². The number of rotatable bonds is 7. The number of phenolic OH excluding ortho intramolecular Hbond substituents is 1. The third kappa shape index (κ3) is 4.96. The van der Waals surface area contributed by atoms with Gasteiger partial charge >= 0.3 is 0 Å². The quantitative estimate of drug-likeness (QED) is 0.755. The Morgan fingerprint density at radius 2 is 1.61 bits per heavy atom. The van der Waals surface area contributed by atoms with Gasteiger partial charge in [0.05, 0.1) is 6.61 Å². The zero-order valence-electron chi connectivity index (χ0n) is 11.9. The van der Waals surface area contributed by atoms with Gasteiger partial charge in [-0.15, -0.1) is 0 Å². The van der Waals surface area contributed by atoms with Gasteiger partial charge in [0, 0.05) is 18.6 Å². The number of hydrogen-bond acceptors (Lipinski definition) is 3. The fraction of sp³-hybridized carbons (Fsp3) is 0.600.